The van der Waals surface area contributed by atoms with Gasteiger partial charge in [0.1, 0.15) is 5.82 Å². The van der Waals surface area contributed by atoms with E-state index in [1.165, 1.54) is 16.3 Å². The predicted molar refractivity (Wildman–Crippen MR) is 127 cm³/mol. The van der Waals surface area contributed by atoms with E-state index in [0.29, 0.717) is 12.2 Å². The van der Waals surface area contributed by atoms with Crippen LogP contribution in [-0.2, 0) is 16.6 Å². The summed E-state index contributed by atoms with van der Waals surface area (Å²) in [6.07, 6.45) is 1.15. The molecule has 5 aromatic rings. The van der Waals surface area contributed by atoms with Gasteiger partial charge in [0.25, 0.3) is 0 Å². The Hall–Kier alpha value is -3.64. The number of nitrogens with one attached hydrogen (secondary N) is 1. The molecule has 0 aliphatic carbocycles. The summed E-state index contributed by atoms with van der Waals surface area (Å²) in [6, 6.07) is 30.1. The number of anilines is 1. The van der Waals surface area contributed by atoms with Crippen LogP contribution in [0.15, 0.2) is 91.0 Å². The molecule has 31 heavy (non-hydrogen) atoms. The molecule has 0 unspecified atom stereocenters. The van der Waals surface area contributed by atoms with Crippen molar-refractivity contribution in [3.63, 3.8) is 0 Å². The summed E-state index contributed by atoms with van der Waals surface area (Å²) in [5, 5.41) is 2.41. The SMILES string of the molecule is CS(=O)(=O)Nc1cccc(-c2nc3ccccc3n2Cc2cccc3ccccc23)c1. The Balaban J connectivity index is 1.67. The number of fused-ring (bicyclic) bond motifs is 2. The number of hydrogen-bond acceptors (Lipinski definition) is 3. The van der Waals surface area contributed by atoms with Crippen LogP contribution < -0.4 is 4.72 Å². The average Bonchev–Trinajstić information content (AvgIpc) is 3.12. The largest absolute Gasteiger partial charge is 0.319 e. The molecule has 0 spiro atoms. The number of benzene rings is 4. The Kier molecular flexibility index (Phi) is 4.71. The summed E-state index contributed by atoms with van der Waals surface area (Å²) in [4.78, 5) is 4.88. The van der Waals surface area contributed by atoms with E-state index < -0.39 is 10.0 Å². The van der Waals surface area contributed by atoms with Gasteiger partial charge in [-0.3, -0.25) is 4.72 Å². The molecule has 0 atom stereocenters. The van der Waals surface area contributed by atoms with Crippen molar-refractivity contribution in [2.75, 3.05) is 11.0 Å². The highest BCUT2D eigenvalue weighted by Gasteiger charge is 2.15. The number of sulfonamides is 1. The number of nitrogens with zero attached hydrogens (tertiary/aromatic N) is 2. The Morgan fingerprint density at radius 3 is 2.48 bits per heavy atom. The first kappa shape index (κ1) is 19.3. The minimum atomic E-state index is -3.36. The van der Waals surface area contributed by atoms with Crippen LogP contribution in [0.1, 0.15) is 5.56 Å². The minimum absolute atomic E-state index is 0.517. The standard InChI is InChI=1S/C25H21N3O2S/c1-31(29,30)27-21-12-7-10-19(16-21)25-26-23-14-4-5-15-24(23)28(25)17-20-11-6-9-18-8-2-3-13-22(18)20/h2-16,27H,17H2,1H3. The summed E-state index contributed by atoms with van der Waals surface area (Å²) >= 11 is 0. The van der Waals surface area contributed by atoms with Gasteiger partial charge in [-0.25, -0.2) is 13.4 Å². The molecule has 0 radical (unpaired) electrons. The normalized spacial score (nSPS) is 11.8. The lowest BCUT2D eigenvalue weighted by molar-refractivity contribution is 0.607. The van der Waals surface area contributed by atoms with Crippen molar-refractivity contribution in [1.29, 1.82) is 0 Å². The van der Waals surface area contributed by atoms with Gasteiger partial charge >= 0.3 is 0 Å². The van der Waals surface area contributed by atoms with Gasteiger partial charge in [-0.05, 0) is 40.6 Å². The van der Waals surface area contributed by atoms with E-state index in [-0.39, 0.29) is 0 Å². The molecule has 0 saturated carbocycles. The number of aromatic nitrogens is 2. The van der Waals surface area contributed by atoms with Gasteiger partial charge in [0, 0.05) is 11.3 Å². The molecule has 0 aliphatic rings. The fourth-order valence-electron chi connectivity index (χ4n) is 3.99. The number of rotatable bonds is 5. The van der Waals surface area contributed by atoms with Gasteiger partial charge in [0.15, 0.2) is 0 Å². The fraction of sp³-hybridized carbons (Fsp3) is 0.0800. The molecule has 1 heterocycles. The molecular formula is C25H21N3O2S. The Morgan fingerprint density at radius 1 is 0.871 bits per heavy atom. The molecule has 0 aliphatic heterocycles. The lowest BCUT2D eigenvalue weighted by Gasteiger charge is -2.13. The zero-order chi connectivity index (χ0) is 21.4. The van der Waals surface area contributed by atoms with Crippen LogP contribution >= 0.6 is 0 Å². The molecule has 1 aromatic heterocycles. The maximum absolute atomic E-state index is 11.7. The van der Waals surface area contributed by atoms with Crippen molar-refractivity contribution in [2.24, 2.45) is 0 Å². The van der Waals surface area contributed by atoms with E-state index in [1.807, 2.05) is 42.5 Å². The Bertz CT molecular complexity index is 1520. The maximum atomic E-state index is 11.7. The van der Waals surface area contributed by atoms with E-state index in [9.17, 15) is 8.42 Å². The monoisotopic (exact) mass is 427 g/mol. The average molecular weight is 428 g/mol. The van der Waals surface area contributed by atoms with Gasteiger partial charge in [0.2, 0.25) is 10.0 Å². The Morgan fingerprint density at radius 2 is 1.61 bits per heavy atom. The molecule has 0 fully saturated rings. The lowest BCUT2D eigenvalue weighted by Crippen LogP contribution is -2.09. The van der Waals surface area contributed by atoms with Crippen LogP contribution in [0.25, 0.3) is 33.2 Å². The number of hydrogen-bond donors (Lipinski definition) is 1. The Labute approximate surface area is 181 Å². The van der Waals surface area contributed by atoms with Crippen LogP contribution in [0.2, 0.25) is 0 Å². The third-order valence-electron chi connectivity index (χ3n) is 5.29. The van der Waals surface area contributed by atoms with E-state index in [0.717, 1.165) is 28.7 Å². The molecule has 0 saturated heterocycles. The highest BCUT2D eigenvalue weighted by atomic mass is 32.2. The van der Waals surface area contributed by atoms with Gasteiger partial charge in [-0.15, -0.1) is 0 Å². The summed E-state index contributed by atoms with van der Waals surface area (Å²) in [7, 11) is -3.36. The summed E-state index contributed by atoms with van der Waals surface area (Å²) < 4.78 is 28.1. The highest BCUT2D eigenvalue weighted by molar-refractivity contribution is 7.92. The molecular weight excluding hydrogens is 406 g/mol. The lowest BCUT2D eigenvalue weighted by atomic mass is 10.0. The van der Waals surface area contributed by atoms with Crippen LogP contribution in [0.3, 0.4) is 0 Å². The molecule has 0 amide bonds. The number of imidazole rings is 1. The van der Waals surface area contributed by atoms with Crippen molar-refractivity contribution in [2.45, 2.75) is 6.54 Å². The topological polar surface area (TPSA) is 64.0 Å². The van der Waals surface area contributed by atoms with E-state index in [4.69, 9.17) is 4.98 Å². The molecule has 5 rings (SSSR count). The molecule has 154 valence electrons. The van der Waals surface area contributed by atoms with Crippen LogP contribution in [-0.4, -0.2) is 24.2 Å². The molecule has 1 N–H and O–H groups in total. The quantitative estimate of drug-likeness (QED) is 0.415. The summed E-state index contributed by atoms with van der Waals surface area (Å²) in [5.41, 5.74) is 4.51. The predicted octanol–water partition coefficient (Wildman–Crippen LogP) is 5.28. The molecule has 5 nitrogen and oxygen atoms in total. The molecule has 0 bridgehead atoms. The summed E-state index contributed by atoms with van der Waals surface area (Å²) in [6.45, 7) is 0.654. The fourth-order valence-corrected chi connectivity index (χ4v) is 4.55. The highest BCUT2D eigenvalue weighted by Crippen LogP contribution is 2.29. The van der Waals surface area contributed by atoms with Gasteiger partial charge < -0.3 is 4.57 Å². The van der Waals surface area contributed by atoms with Crippen LogP contribution in [0, 0.1) is 0 Å². The zero-order valence-corrected chi connectivity index (χ0v) is 17.8. The second-order valence-corrected chi connectivity index (χ2v) is 9.35. The van der Waals surface area contributed by atoms with Gasteiger partial charge in [-0.1, -0.05) is 66.7 Å². The second-order valence-electron chi connectivity index (χ2n) is 7.60. The first-order valence-corrected chi connectivity index (χ1v) is 11.9. The van der Waals surface area contributed by atoms with Crippen LogP contribution in [0.5, 0.6) is 0 Å². The summed E-state index contributed by atoms with van der Waals surface area (Å²) in [5.74, 6) is 0.797. The second kappa shape index (κ2) is 7.56. The van der Waals surface area contributed by atoms with E-state index >= 15 is 0 Å². The third-order valence-corrected chi connectivity index (χ3v) is 5.89. The van der Waals surface area contributed by atoms with Crippen molar-refractivity contribution in [3.8, 4) is 11.4 Å². The first-order chi connectivity index (χ1) is 15.0. The molecule has 4 aromatic carbocycles. The molecule has 6 heteroatoms. The van der Waals surface area contributed by atoms with Crippen molar-refractivity contribution in [3.05, 3.63) is 96.6 Å². The first-order valence-electron chi connectivity index (χ1n) is 9.98. The van der Waals surface area contributed by atoms with E-state index in [2.05, 4.69) is 51.8 Å². The minimum Gasteiger partial charge on any atom is -0.319 e. The van der Waals surface area contributed by atoms with Crippen molar-refractivity contribution >= 4 is 37.5 Å². The number of para-hydroxylation sites is 2. The van der Waals surface area contributed by atoms with Crippen LogP contribution in [0.4, 0.5) is 5.69 Å². The zero-order valence-electron chi connectivity index (χ0n) is 17.0. The van der Waals surface area contributed by atoms with Crippen molar-refractivity contribution in [1.82, 2.24) is 9.55 Å². The van der Waals surface area contributed by atoms with Gasteiger partial charge in [0.05, 0.1) is 23.8 Å². The van der Waals surface area contributed by atoms with Gasteiger partial charge in [-0.2, -0.15) is 0 Å². The smallest absolute Gasteiger partial charge is 0.229 e. The van der Waals surface area contributed by atoms with Crippen molar-refractivity contribution < 1.29 is 8.42 Å². The third kappa shape index (κ3) is 3.90. The van der Waals surface area contributed by atoms with E-state index in [1.54, 1.807) is 6.07 Å². The maximum Gasteiger partial charge on any atom is 0.229 e.